The SMILES string of the molecule is CNC(c1ncc[nH]1)c1ccccc1Cl. The predicted octanol–water partition coefficient (Wildman–Crippen LogP) is 2.37. The van der Waals surface area contributed by atoms with Gasteiger partial charge in [0.1, 0.15) is 5.82 Å². The van der Waals surface area contributed by atoms with Crippen LogP contribution in [0.2, 0.25) is 5.02 Å². The maximum atomic E-state index is 6.13. The molecule has 2 N–H and O–H groups in total. The molecule has 2 rings (SSSR count). The topological polar surface area (TPSA) is 40.7 Å². The Kier molecular flexibility index (Phi) is 3.04. The molecule has 1 atom stereocenters. The molecule has 0 aliphatic heterocycles. The molecule has 0 saturated heterocycles. The molecule has 4 heteroatoms. The fourth-order valence-corrected chi connectivity index (χ4v) is 1.83. The molecular formula is C11H12ClN3. The summed E-state index contributed by atoms with van der Waals surface area (Å²) in [5.74, 6) is 0.866. The minimum absolute atomic E-state index is 0.00806. The van der Waals surface area contributed by atoms with E-state index in [9.17, 15) is 0 Å². The van der Waals surface area contributed by atoms with Crippen LogP contribution in [0, 0.1) is 0 Å². The van der Waals surface area contributed by atoms with E-state index in [-0.39, 0.29) is 6.04 Å². The monoisotopic (exact) mass is 221 g/mol. The first-order valence-corrected chi connectivity index (χ1v) is 5.11. The molecule has 0 fully saturated rings. The van der Waals surface area contributed by atoms with Crippen LogP contribution in [0.15, 0.2) is 36.7 Å². The molecule has 1 aromatic carbocycles. The third kappa shape index (κ3) is 2.03. The second-order valence-electron chi connectivity index (χ2n) is 3.22. The first-order valence-electron chi connectivity index (χ1n) is 4.74. The van der Waals surface area contributed by atoms with Crippen molar-refractivity contribution < 1.29 is 0 Å². The average Bonchev–Trinajstić information content (AvgIpc) is 2.75. The third-order valence-corrected chi connectivity index (χ3v) is 2.64. The number of hydrogen-bond donors (Lipinski definition) is 2. The molecule has 1 aromatic heterocycles. The molecular weight excluding hydrogens is 210 g/mol. The van der Waals surface area contributed by atoms with Crippen LogP contribution >= 0.6 is 11.6 Å². The van der Waals surface area contributed by atoms with Gasteiger partial charge in [-0.25, -0.2) is 4.98 Å². The first kappa shape index (κ1) is 10.2. The number of nitrogens with zero attached hydrogens (tertiary/aromatic N) is 1. The van der Waals surface area contributed by atoms with Gasteiger partial charge >= 0.3 is 0 Å². The highest BCUT2D eigenvalue weighted by molar-refractivity contribution is 6.31. The Morgan fingerprint density at radius 2 is 2.20 bits per heavy atom. The van der Waals surface area contributed by atoms with Gasteiger partial charge in [-0.05, 0) is 18.7 Å². The van der Waals surface area contributed by atoms with Crippen molar-refractivity contribution in [1.29, 1.82) is 0 Å². The molecule has 0 spiro atoms. The smallest absolute Gasteiger partial charge is 0.127 e. The Morgan fingerprint density at radius 3 is 2.80 bits per heavy atom. The number of halogens is 1. The molecule has 15 heavy (non-hydrogen) atoms. The first-order chi connectivity index (χ1) is 7.33. The number of aromatic nitrogens is 2. The molecule has 78 valence electrons. The van der Waals surface area contributed by atoms with Gasteiger partial charge < -0.3 is 10.3 Å². The number of imidazole rings is 1. The Hall–Kier alpha value is -1.32. The van der Waals surface area contributed by atoms with Crippen molar-refractivity contribution in [2.45, 2.75) is 6.04 Å². The van der Waals surface area contributed by atoms with Gasteiger partial charge in [0, 0.05) is 17.4 Å². The van der Waals surface area contributed by atoms with Gasteiger partial charge in [-0.2, -0.15) is 0 Å². The molecule has 0 aliphatic rings. The zero-order chi connectivity index (χ0) is 10.7. The van der Waals surface area contributed by atoms with E-state index in [0.717, 1.165) is 16.4 Å². The van der Waals surface area contributed by atoms with Gasteiger partial charge in [0.15, 0.2) is 0 Å². The zero-order valence-corrected chi connectivity index (χ0v) is 9.12. The van der Waals surface area contributed by atoms with Gasteiger partial charge in [-0.15, -0.1) is 0 Å². The summed E-state index contributed by atoms with van der Waals surface area (Å²) in [5.41, 5.74) is 1.02. The molecule has 3 nitrogen and oxygen atoms in total. The number of rotatable bonds is 3. The quantitative estimate of drug-likeness (QED) is 0.836. The normalized spacial score (nSPS) is 12.7. The maximum Gasteiger partial charge on any atom is 0.127 e. The Bertz CT molecular complexity index is 425. The lowest BCUT2D eigenvalue weighted by Crippen LogP contribution is -2.19. The number of benzene rings is 1. The molecule has 2 aromatic rings. The van der Waals surface area contributed by atoms with Crippen molar-refractivity contribution in [1.82, 2.24) is 15.3 Å². The molecule has 0 aliphatic carbocycles. The predicted molar refractivity (Wildman–Crippen MR) is 60.9 cm³/mol. The summed E-state index contributed by atoms with van der Waals surface area (Å²) < 4.78 is 0. The van der Waals surface area contributed by atoms with E-state index in [1.165, 1.54) is 0 Å². The van der Waals surface area contributed by atoms with E-state index in [1.807, 2.05) is 31.3 Å². The third-order valence-electron chi connectivity index (χ3n) is 2.30. The van der Waals surface area contributed by atoms with Crippen LogP contribution in [-0.2, 0) is 0 Å². The Morgan fingerprint density at radius 1 is 1.40 bits per heavy atom. The molecule has 0 radical (unpaired) electrons. The van der Waals surface area contributed by atoms with Crippen LogP contribution in [0.3, 0.4) is 0 Å². The van der Waals surface area contributed by atoms with Gasteiger partial charge in [0.05, 0.1) is 6.04 Å². The van der Waals surface area contributed by atoms with Crippen molar-refractivity contribution in [3.05, 3.63) is 53.1 Å². The van der Waals surface area contributed by atoms with Gasteiger partial charge in [0.2, 0.25) is 0 Å². The molecule has 1 heterocycles. The fourth-order valence-electron chi connectivity index (χ4n) is 1.58. The highest BCUT2D eigenvalue weighted by Gasteiger charge is 2.16. The van der Waals surface area contributed by atoms with Crippen LogP contribution in [0.1, 0.15) is 17.4 Å². The van der Waals surface area contributed by atoms with Crippen molar-refractivity contribution >= 4 is 11.6 Å². The lowest BCUT2D eigenvalue weighted by Gasteiger charge is -2.15. The van der Waals surface area contributed by atoms with Crippen molar-refractivity contribution in [3.8, 4) is 0 Å². The summed E-state index contributed by atoms with van der Waals surface area (Å²) >= 11 is 6.13. The van der Waals surface area contributed by atoms with Crippen LogP contribution in [-0.4, -0.2) is 17.0 Å². The zero-order valence-electron chi connectivity index (χ0n) is 8.37. The highest BCUT2D eigenvalue weighted by Crippen LogP contribution is 2.25. The van der Waals surface area contributed by atoms with Crippen LogP contribution in [0.25, 0.3) is 0 Å². The number of H-pyrrole nitrogens is 1. The molecule has 0 saturated carbocycles. The van der Waals surface area contributed by atoms with Crippen molar-refractivity contribution in [3.63, 3.8) is 0 Å². The van der Waals surface area contributed by atoms with E-state index in [2.05, 4.69) is 15.3 Å². The molecule has 1 unspecified atom stereocenters. The molecule has 0 amide bonds. The maximum absolute atomic E-state index is 6.13. The average molecular weight is 222 g/mol. The number of hydrogen-bond acceptors (Lipinski definition) is 2. The van der Waals surface area contributed by atoms with E-state index >= 15 is 0 Å². The second kappa shape index (κ2) is 4.47. The standard InChI is InChI=1S/C11H12ClN3/c1-13-10(11-14-6-7-15-11)8-4-2-3-5-9(8)12/h2-7,10,13H,1H3,(H,14,15). The summed E-state index contributed by atoms with van der Waals surface area (Å²) in [6.07, 6.45) is 3.53. The lowest BCUT2D eigenvalue weighted by molar-refractivity contribution is 0.655. The van der Waals surface area contributed by atoms with Gasteiger partial charge in [-0.3, -0.25) is 0 Å². The van der Waals surface area contributed by atoms with Gasteiger partial charge in [0.25, 0.3) is 0 Å². The summed E-state index contributed by atoms with van der Waals surface area (Å²) in [6, 6.07) is 7.76. The minimum atomic E-state index is 0.00806. The summed E-state index contributed by atoms with van der Waals surface area (Å²) in [7, 11) is 1.89. The summed E-state index contributed by atoms with van der Waals surface area (Å²) in [5, 5.41) is 3.93. The van der Waals surface area contributed by atoms with E-state index in [0.29, 0.717) is 0 Å². The minimum Gasteiger partial charge on any atom is -0.347 e. The Labute approximate surface area is 93.5 Å². The summed E-state index contributed by atoms with van der Waals surface area (Å²) in [4.78, 5) is 7.31. The fraction of sp³-hybridized carbons (Fsp3) is 0.182. The van der Waals surface area contributed by atoms with E-state index < -0.39 is 0 Å². The summed E-state index contributed by atoms with van der Waals surface area (Å²) in [6.45, 7) is 0. The highest BCUT2D eigenvalue weighted by atomic mass is 35.5. The van der Waals surface area contributed by atoms with Crippen LogP contribution < -0.4 is 5.32 Å². The van der Waals surface area contributed by atoms with Gasteiger partial charge in [-0.1, -0.05) is 29.8 Å². The van der Waals surface area contributed by atoms with E-state index in [1.54, 1.807) is 12.4 Å². The second-order valence-corrected chi connectivity index (χ2v) is 3.62. The number of aromatic amines is 1. The number of nitrogens with one attached hydrogen (secondary N) is 2. The van der Waals surface area contributed by atoms with Crippen molar-refractivity contribution in [2.24, 2.45) is 0 Å². The van der Waals surface area contributed by atoms with E-state index in [4.69, 9.17) is 11.6 Å². The Balaban J connectivity index is 2.40. The van der Waals surface area contributed by atoms with Crippen LogP contribution in [0.4, 0.5) is 0 Å². The lowest BCUT2D eigenvalue weighted by atomic mass is 10.1. The van der Waals surface area contributed by atoms with Crippen molar-refractivity contribution in [2.75, 3.05) is 7.05 Å². The largest absolute Gasteiger partial charge is 0.347 e. The van der Waals surface area contributed by atoms with Crippen LogP contribution in [0.5, 0.6) is 0 Å². The molecule has 0 bridgehead atoms.